The second-order valence-electron chi connectivity index (χ2n) is 5.12. The SMILES string of the molecule is CN(C)CCCC=C(CCCN(C)C)NC(=N)N. The molecule has 106 valence electrons. The number of hydrogen-bond acceptors (Lipinski definition) is 3. The van der Waals surface area contributed by atoms with Crippen LogP contribution in [0.5, 0.6) is 0 Å². The Bertz CT molecular complexity index is 258. The first kappa shape index (κ1) is 16.9. The minimum Gasteiger partial charge on any atom is -0.370 e. The molecule has 0 aliphatic heterocycles. The summed E-state index contributed by atoms with van der Waals surface area (Å²) in [6, 6.07) is 0. The summed E-state index contributed by atoms with van der Waals surface area (Å²) in [5, 5.41) is 10.2. The number of nitrogens with two attached hydrogens (primary N) is 1. The molecule has 0 amide bonds. The number of nitrogens with zero attached hydrogens (tertiary/aromatic N) is 2. The normalized spacial score (nSPS) is 12.2. The topological polar surface area (TPSA) is 68.4 Å². The van der Waals surface area contributed by atoms with Gasteiger partial charge in [-0.25, -0.2) is 0 Å². The van der Waals surface area contributed by atoms with Crippen molar-refractivity contribution in [3.8, 4) is 0 Å². The van der Waals surface area contributed by atoms with Gasteiger partial charge in [-0.3, -0.25) is 5.41 Å². The highest BCUT2D eigenvalue weighted by molar-refractivity contribution is 5.76. The largest absolute Gasteiger partial charge is 0.370 e. The molecule has 0 rings (SSSR count). The van der Waals surface area contributed by atoms with Gasteiger partial charge in [0.15, 0.2) is 5.96 Å². The van der Waals surface area contributed by atoms with Crippen LogP contribution in [0, 0.1) is 5.41 Å². The minimum atomic E-state index is 0.0266. The predicted molar refractivity (Wildman–Crippen MR) is 78.7 cm³/mol. The Balaban J connectivity index is 4.03. The molecule has 0 aromatic carbocycles. The van der Waals surface area contributed by atoms with Crippen LogP contribution in [0.15, 0.2) is 11.8 Å². The Labute approximate surface area is 112 Å². The molecule has 0 bridgehead atoms. The Morgan fingerprint density at radius 3 is 2.17 bits per heavy atom. The molecule has 5 nitrogen and oxygen atoms in total. The van der Waals surface area contributed by atoms with Crippen molar-refractivity contribution in [3.63, 3.8) is 0 Å². The van der Waals surface area contributed by atoms with Crippen molar-refractivity contribution in [3.05, 3.63) is 11.8 Å². The van der Waals surface area contributed by atoms with Crippen LogP contribution in [0.4, 0.5) is 0 Å². The number of unbranched alkanes of at least 4 members (excludes halogenated alkanes) is 1. The summed E-state index contributed by atoms with van der Waals surface area (Å²) in [6.07, 6.45) is 6.34. The van der Waals surface area contributed by atoms with Gasteiger partial charge < -0.3 is 20.9 Å². The summed E-state index contributed by atoms with van der Waals surface area (Å²) >= 11 is 0. The van der Waals surface area contributed by atoms with Crippen molar-refractivity contribution in [2.75, 3.05) is 41.3 Å². The quantitative estimate of drug-likeness (QED) is 0.327. The highest BCUT2D eigenvalue weighted by Gasteiger charge is 2.00. The zero-order chi connectivity index (χ0) is 14.0. The van der Waals surface area contributed by atoms with Crippen LogP contribution in [0.2, 0.25) is 0 Å². The average Bonchev–Trinajstić information content (AvgIpc) is 2.22. The van der Waals surface area contributed by atoms with Crippen molar-refractivity contribution in [1.29, 1.82) is 5.41 Å². The van der Waals surface area contributed by atoms with Crippen LogP contribution in [-0.4, -0.2) is 57.0 Å². The van der Waals surface area contributed by atoms with E-state index in [4.69, 9.17) is 11.1 Å². The van der Waals surface area contributed by atoms with E-state index in [0.29, 0.717) is 0 Å². The summed E-state index contributed by atoms with van der Waals surface area (Å²) in [7, 11) is 8.29. The smallest absolute Gasteiger partial charge is 0.189 e. The van der Waals surface area contributed by atoms with E-state index in [1.807, 2.05) is 0 Å². The van der Waals surface area contributed by atoms with Gasteiger partial charge in [0.25, 0.3) is 0 Å². The third-order valence-corrected chi connectivity index (χ3v) is 2.55. The standard InChI is InChI=1S/C13H29N5/c1-17(2)10-6-5-8-12(16-13(14)15)9-7-11-18(3)4/h8H,5-7,9-11H2,1-4H3,(H4,14,15,16). The fourth-order valence-electron chi connectivity index (χ4n) is 1.66. The van der Waals surface area contributed by atoms with Gasteiger partial charge in [0, 0.05) is 5.70 Å². The lowest BCUT2D eigenvalue weighted by Gasteiger charge is -2.13. The van der Waals surface area contributed by atoms with Crippen LogP contribution in [0.1, 0.15) is 25.7 Å². The predicted octanol–water partition coefficient (Wildman–Crippen LogP) is 1.04. The van der Waals surface area contributed by atoms with E-state index in [2.05, 4.69) is 49.4 Å². The molecule has 0 aliphatic rings. The number of nitrogens with one attached hydrogen (secondary N) is 2. The molecule has 0 aliphatic carbocycles. The summed E-state index contributed by atoms with van der Waals surface area (Å²) in [5.41, 5.74) is 6.46. The Hall–Kier alpha value is -1.07. The van der Waals surface area contributed by atoms with Crippen molar-refractivity contribution >= 4 is 5.96 Å². The number of rotatable bonds is 9. The molecule has 0 aromatic heterocycles. The maximum Gasteiger partial charge on any atom is 0.189 e. The summed E-state index contributed by atoms with van der Waals surface area (Å²) in [6.45, 7) is 2.14. The Kier molecular flexibility index (Phi) is 9.32. The molecule has 4 N–H and O–H groups in total. The van der Waals surface area contributed by atoms with Crippen molar-refractivity contribution in [2.24, 2.45) is 5.73 Å². The van der Waals surface area contributed by atoms with Crippen LogP contribution >= 0.6 is 0 Å². The van der Waals surface area contributed by atoms with E-state index in [9.17, 15) is 0 Å². The molecule has 0 saturated carbocycles. The first-order valence-corrected chi connectivity index (χ1v) is 6.51. The molecule has 0 spiro atoms. The lowest BCUT2D eigenvalue weighted by molar-refractivity contribution is 0.397. The number of hydrogen-bond donors (Lipinski definition) is 3. The molecule has 0 heterocycles. The summed E-state index contributed by atoms with van der Waals surface area (Å²) < 4.78 is 0. The zero-order valence-electron chi connectivity index (χ0n) is 12.3. The maximum atomic E-state index is 7.30. The van der Waals surface area contributed by atoms with Gasteiger partial charge in [-0.1, -0.05) is 6.08 Å². The first-order chi connectivity index (χ1) is 8.41. The second kappa shape index (κ2) is 9.91. The number of allylic oxidation sites excluding steroid dienone is 2. The van der Waals surface area contributed by atoms with E-state index < -0.39 is 0 Å². The van der Waals surface area contributed by atoms with Crippen molar-refractivity contribution in [2.45, 2.75) is 25.7 Å². The van der Waals surface area contributed by atoms with E-state index in [0.717, 1.165) is 44.5 Å². The highest BCUT2D eigenvalue weighted by Crippen LogP contribution is 2.05. The molecule has 0 fully saturated rings. The van der Waals surface area contributed by atoms with Crippen LogP contribution < -0.4 is 11.1 Å². The Morgan fingerprint density at radius 2 is 1.67 bits per heavy atom. The zero-order valence-corrected chi connectivity index (χ0v) is 12.3. The van der Waals surface area contributed by atoms with E-state index in [1.165, 1.54) is 0 Å². The maximum absolute atomic E-state index is 7.30. The van der Waals surface area contributed by atoms with Crippen LogP contribution in [0.25, 0.3) is 0 Å². The lowest BCUT2D eigenvalue weighted by Crippen LogP contribution is -2.30. The van der Waals surface area contributed by atoms with Crippen LogP contribution in [0.3, 0.4) is 0 Å². The average molecular weight is 255 g/mol. The van der Waals surface area contributed by atoms with Gasteiger partial charge in [0.2, 0.25) is 0 Å². The molecular formula is C13H29N5. The van der Waals surface area contributed by atoms with Gasteiger partial charge >= 0.3 is 0 Å². The van der Waals surface area contributed by atoms with Gasteiger partial charge in [-0.15, -0.1) is 0 Å². The molecule has 18 heavy (non-hydrogen) atoms. The van der Waals surface area contributed by atoms with E-state index in [1.54, 1.807) is 0 Å². The summed E-state index contributed by atoms with van der Waals surface area (Å²) in [5.74, 6) is 0.0266. The van der Waals surface area contributed by atoms with Crippen molar-refractivity contribution < 1.29 is 0 Å². The molecule has 0 radical (unpaired) electrons. The lowest BCUT2D eigenvalue weighted by atomic mass is 10.2. The van der Waals surface area contributed by atoms with E-state index >= 15 is 0 Å². The Morgan fingerprint density at radius 1 is 1.11 bits per heavy atom. The fraction of sp³-hybridized carbons (Fsp3) is 0.769. The van der Waals surface area contributed by atoms with Crippen molar-refractivity contribution in [1.82, 2.24) is 15.1 Å². The number of guanidine groups is 1. The van der Waals surface area contributed by atoms with Gasteiger partial charge in [0.05, 0.1) is 0 Å². The molecular weight excluding hydrogens is 226 g/mol. The van der Waals surface area contributed by atoms with Gasteiger partial charge in [-0.05, 0) is 67.0 Å². The fourth-order valence-corrected chi connectivity index (χ4v) is 1.66. The molecule has 5 heteroatoms. The minimum absolute atomic E-state index is 0.0266. The second-order valence-corrected chi connectivity index (χ2v) is 5.12. The molecule has 0 unspecified atom stereocenters. The summed E-state index contributed by atoms with van der Waals surface area (Å²) in [4.78, 5) is 4.34. The highest BCUT2D eigenvalue weighted by atomic mass is 15.1. The van der Waals surface area contributed by atoms with E-state index in [-0.39, 0.29) is 5.96 Å². The van der Waals surface area contributed by atoms with Crippen LogP contribution in [-0.2, 0) is 0 Å². The molecule has 0 aromatic rings. The van der Waals surface area contributed by atoms with Gasteiger partial charge in [-0.2, -0.15) is 0 Å². The van der Waals surface area contributed by atoms with Gasteiger partial charge in [0.1, 0.15) is 0 Å². The molecule has 0 saturated heterocycles. The molecule has 0 atom stereocenters. The first-order valence-electron chi connectivity index (χ1n) is 6.51. The monoisotopic (exact) mass is 255 g/mol. The third kappa shape index (κ3) is 11.4. The third-order valence-electron chi connectivity index (χ3n) is 2.55.